The van der Waals surface area contributed by atoms with E-state index in [0.717, 1.165) is 6.42 Å². The van der Waals surface area contributed by atoms with Gasteiger partial charge in [-0.2, -0.15) is 0 Å². The first-order valence-corrected chi connectivity index (χ1v) is 12.9. The second kappa shape index (κ2) is 8.61. The third-order valence-electron chi connectivity index (χ3n) is 5.06. The summed E-state index contributed by atoms with van der Waals surface area (Å²) in [6.45, 7) is 6.88. The van der Waals surface area contributed by atoms with E-state index in [0.29, 0.717) is 19.8 Å². The SMILES string of the molecule is CC1(C)OC(C)(C(CO)[Se]c2ccccc2)CCC1[Se]c1ccccc1. The summed E-state index contributed by atoms with van der Waals surface area (Å²) in [4.78, 5) is 0.746. The number of hydrogen-bond acceptors (Lipinski definition) is 2. The van der Waals surface area contributed by atoms with Gasteiger partial charge in [-0.1, -0.05) is 0 Å². The summed E-state index contributed by atoms with van der Waals surface area (Å²) in [6.07, 6.45) is 2.19. The molecule has 2 aromatic carbocycles. The van der Waals surface area contributed by atoms with Crippen LogP contribution in [0.4, 0.5) is 0 Å². The minimum atomic E-state index is -0.253. The second-order valence-corrected chi connectivity index (χ2v) is 12.9. The molecule has 0 aromatic heterocycles. The van der Waals surface area contributed by atoms with Crippen molar-refractivity contribution in [1.82, 2.24) is 0 Å². The van der Waals surface area contributed by atoms with Crippen molar-refractivity contribution in [1.29, 1.82) is 0 Å². The van der Waals surface area contributed by atoms with Crippen LogP contribution in [0.15, 0.2) is 60.7 Å². The van der Waals surface area contributed by atoms with Crippen molar-refractivity contribution in [3.8, 4) is 0 Å². The van der Waals surface area contributed by atoms with Crippen LogP contribution < -0.4 is 8.92 Å². The zero-order valence-electron chi connectivity index (χ0n) is 15.7. The van der Waals surface area contributed by atoms with Crippen molar-refractivity contribution in [3.63, 3.8) is 0 Å². The first-order valence-electron chi connectivity index (χ1n) is 9.17. The summed E-state index contributed by atoms with van der Waals surface area (Å²) < 4.78 is 9.52. The molecule has 2 nitrogen and oxygen atoms in total. The Bertz CT molecular complexity index is 690. The normalized spacial score (nSPS) is 26.4. The Hall–Kier alpha value is -0.601. The number of aliphatic hydroxyl groups is 1. The molecule has 3 rings (SSSR count). The van der Waals surface area contributed by atoms with Gasteiger partial charge in [0, 0.05) is 0 Å². The zero-order valence-corrected chi connectivity index (χ0v) is 19.1. The fraction of sp³-hybridized carbons (Fsp3) is 0.455. The molecule has 0 spiro atoms. The molecular weight excluding hydrogens is 454 g/mol. The van der Waals surface area contributed by atoms with Gasteiger partial charge in [-0.3, -0.25) is 0 Å². The Morgan fingerprint density at radius 2 is 1.58 bits per heavy atom. The average molecular weight is 482 g/mol. The van der Waals surface area contributed by atoms with Crippen LogP contribution in [0.1, 0.15) is 33.6 Å². The summed E-state index contributed by atoms with van der Waals surface area (Å²) in [5.41, 5.74) is -0.416. The van der Waals surface area contributed by atoms with E-state index in [1.807, 2.05) is 6.07 Å². The van der Waals surface area contributed by atoms with E-state index in [9.17, 15) is 5.11 Å². The summed E-state index contributed by atoms with van der Waals surface area (Å²) in [6, 6.07) is 21.4. The number of aliphatic hydroxyl groups excluding tert-OH is 1. The Morgan fingerprint density at radius 1 is 1.00 bits per heavy atom. The Labute approximate surface area is 170 Å². The molecule has 2 aromatic rings. The van der Waals surface area contributed by atoms with Gasteiger partial charge in [0.2, 0.25) is 0 Å². The molecule has 0 bridgehead atoms. The maximum atomic E-state index is 10.1. The van der Waals surface area contributed by atoms with Gasteiger partial charge in [0.25, 0.3) is 0 Å². The topological polar surface area (TPSA) is 29.5 Å². The molecule has 0 saturated carbocycles. The molecule has 3 unspecified atom stereocenters. The minimum absolute atomic E-state index is 0.164. The van der Waals surface area contributed by atoms with Gasteiger partial charge in [0.05, 0.1) is 0 Å². The fourth-order valence-electron chi connectivity index (χ4n) is 3.59. The van der Waals surface area contributed by atoms with E-state index in [1.165, 1.54) is 15.3 Å². The fourth-order valence-corrected chi connectivity index (χ4v) is 8.51. The number of ether oxygens (including phenoxy) is 1. The predicted molar refractivity (Wildman–Crippen MR) is 111 cm³/mol. The van der Waals surface area contributed by atoms with E-state index >= 15 is 0 Å². The van der Waals surface area contributed by atoms with E-state index in [4.69, 9.17) is 4.74 Å². The van der Waals surface area contributed by atoms with Crippen molar-refractivity contribution >= 4 is 38.8 Å². The van der Waals surface area contributed by atoms with E-state index < -0.39 is 0 Å². The van der Waals surface area contributed by atoms with Crippen LogP contribution in [0.5, 0.6) is 0 Å². The van der Waals surface area contributed by atoms with Crippen LogP contribution in [-0.2, 0) is 4.74 Å². The van der Waals surface area contributed by atoms with Gasteiger partial charge in [-0.05, 0) is 0 Å². The summed E-state index contributed by atoms with van der Waals surface area (Å²) >= 11 is 0.615. The van der Waals surface area contributed by atoms with Gasteiger partial charge in [-0.25, -0.2) is 0 Å². The third-order valence-corrected chi connectivity index (χ3v) is 11.6. The first kappa shape index (κ1) is 20.1. The quantitative estimate of drug-likeness (QED) is 0.642. The number of benzene rings is 2. The second-order valence-electron chi connectivity index (χ2n) is 7.58. The molecular formula is C22H28O2Se2. The molecule has 3 atom stereocenters. The van der Waals surface area contributed by atoms with Gasteiger partial charge < -0.3 is 0 Å². The summed E-state index contributed by atoms with van der Waals surface area (Å²) in [5, 5.41) is 10.1. The van der Waals surface area contributed by atoms with Crippen molar-refractivity contribution in [2.24, 2.45) is 0 Å². The Kier molecular flexibility index (Phi) is 6.67. The van der Waals surface area contributed by atoms with Crippen LogP contribution >= 0.6 is 0 Å². The molecule has 1 aliphatic rings. The number of hydrogen-bond donors (Lipinski definition) is 1. The average Bonchev–Trinajstić information content (AvgIpc) is 2.63. The maximum absolute atomic E-state index is 10.1. The molecule has 1 fully saturated rings. The van der Waals surface area contributed by atoms with Crippen molar-refractivity contribution < 1.29 is 9.84 Å². The first-order chi connectivity index (χ1) is 12.4. The van der Waals surface area contributed by atoms with Crippen LogP contribution in [0.3, 0.4) is 0 Å². The molecule has 1 saturated heterocycles. The van der Waals surface area contributed by atoms with Gasteiger partial charge in [-0.15, -0.1) is 0 Å². The standard InChI is InChI=1S/C22H28O2Se2/c1-21(2)19(25-17-10-6-4-7-11-17)14-15-22(3,24-21)20(16-23)26-18-12-8-5-9-13-18/h4-13,19-20,23H,14-16H2,1-3H3. The van der Waals surface area contributed by atoms with Crippen LogP contribution in [-0.4, -0.2) is 52.8 Å². The van der Waals surface area contributed by atoms with Gasteiger partial charge in [0.15, 0.2) is 0 Å². The summed E-state index contributed by atoms with van der Waals surface area (Å²) in [5.74, 6) is 0. The number of rotatable bonds is 6. The monoisotopic (exact) mass is 484 g/mol. The molecule has 1 heterocycles. The Balaban J connectivity index is 1.71. The molecule has 4 heteroatoms. The molecule has 140 valence electrons. The van der Waals surface area contributed by atoms with Crippen LogP contribution in [0.25, 0.3) is 0 Å². The van der Waals surface area contributed by atoms with Gasteiger partial charge in [0.1, 0.15) is 0 Å². The van der Waals surface area contributed by atoms with Crippen molar-refractivity contribution in [2.45, 2.75) is 54.4 Å². The molecule has 1 aliphatic heterocycles. The molecule has 0 radical (unpaired) electrons. The molecule has 0 amide bonds. The van der Waals surface area contributed by atoms with Crippen molar-refractivity contribution in [2.75, 3.05) is 6.61 Å². The van der Waals surface area contributed by atoms with Gasteiger partial charge >= 0.3 is 170 Å². The third kappa shape index (κ3) is 4.81. The molecule has 26 heavy (non-hydrogen) atoms. The van der Waals surface area contributed by atoms with E-state index in [1.54, 1.807) is 0 Å². The van der Waals surface area contributed by atoms with Crippen LogP contribution in [0, 0.1) is 0 Å². The van der Waals surface area contributed by atoms with E-state index in [2.05, 4.69) is 75.4 Å². The Morgan fingerprint density at radius 3 is 2.12 bits per heavy atom. The molecule has 1 N–H and O–H groups in total. The van der Waals surface area contributed by atoms with Crippen molar-refractivity contribution in [3.05, 3.63) is 60.7 Å². The van der Waals surface area contributed by atoms with Crippen LogP contribution in [0.2, 0.25) is 9.63 Å². The van der Waals surface area contributed by atoms with E-state index in [-0.39, 0.29) is 37.6 Å². The summed E-state index contributed by atoms with van der Waals surface area (Å²) in [7, 11) is 0. The predicted octanol–water partition coefficient (Wildman–Crippen LogP) is 2.96. The zero-order chi connectivity index (χ0) is 18.6. The molecule has 0 aliphatic carbocycles.